The Kier molecular flexibility index (Phi) is 9.54. The number of benzene rings is 3. The minimum Gasteiger partial charge on any atom is -0.248 e. The van der Waals surface area contributed by atoms with Gasteiger partial charge < -0.3 is 0 Å². The number of fused-ring (bicyclic) bond motifs is 1. The molecule has 0 atom stereocenters. The van der Waals surface area contributed by atoms with Gasteiger partial charge in [-0.1, -0.05) is 87.1 Å². The molecule has 4 aromatic heterocycles. The molecule has 0 N–H and O–H groups in total. The summed E-state index contributed by atoms with van der Waals surface area (Å²) in [5, 5.41) is 10.2. The van der Waals surface area contributed by atoms with E-state index < -0.39 is 0 Å². The highest BCUT2D eigenvalue weighted by atomic mass is 15.3. The summed E-state index contributed by atoms with van der Waals surface area (Å²) in [7, 11) is 0. The molecule has 250 valence electrons. The van der Waals surface area contributed by atoms with Crippen molar-refractivity contribution in [3.63, 3.8) is 0 Å². The number of para-hydroxylation sites is 1. The zero-order valence-electron chi connectivity index (χ0n) is 28.5. The van der Waals surface area contributed by atoms with Crippen molar-refractivity contribution in [1.82, 2.24) is 34.5 Å². The van der Waals surface area contributed by atoms with Crippen LogP contribution in [0.4, 0.5) is 0 Å². The number of pyridine rings is 1. The van der Waals surface area contributed by atoms with Gasteiger partial charge in [0, 0.05) is 35.1 Å². The van der Waals surface area contributed by atoms with Gasteiger partial charge in [-0.15, -0.1) is 0 Å². The Labute approximate surface area is 294 Å². The van der Waals surface area contributed by atoms with Gasteiger partial charge in [0.25, 0.3) is 0 Å². The van der Waals surface area contributed by atoms with Crippen LogP contribution in [0.3, 0.4) is 0 Å². The largest absolute Gasteiger partial charge is 0.248 e. The first-order chi connectivity index (χ1) is 24.8. The van der Waals surface area contributed by atoms with Crippen LogP contribution in [-0.2, 0) is 0 Å². The van der Waals surface area contributed by atoms with E-state index in [1.54, 1.807) is 12.5 Å². The number of hydrogen-bond donors (Lipinski definition) is 0. The molecule has 7 heteroatoms. The van der Waals surface area contributed by atoms with Crippen molar-refractivity contribution >= 4 is 10.9 Å². The van der Waals surface area contributed by atoms with Crippen LogP contribution in [-0.4, -0.2) is 34.5 Å². The lowest BCUT2D eigenvalue weighted by Crippen LogP contribution is -2.04. The number of rotatable bonds is 6. The molecule has 0 amide bonds. The summed E-state index contributed by atoms with van der Waals surface area (Å²) in [6.45, 7) is 0. The highest BCUT2D eigenvalue weighted by Gasteiger charge is 2.17. The van der Waals surface area contributed by atoms with Crippen molar-refractivity contribution in [3.05, 3.63) is 139 Å². The molecule has 2 aliphatic carbocycles. The molecule has 2 fully saturated rings. The molecule has 7 nitrogen and oxygen atoms in total. The van der Waals surface area contributed by atoms with Crippen LogP contribution in [0.15, 0.2) is 128 Å². The third kappa shape index (κ3) is 7.27. The summed E-state index contributed by atoms with van der Waals surface area (Å²) in [5.41, 5.74) is 10.0. The molecule has 50 heavy (non-hydrogen) atoms. The molecule has 2 saturated carbocycles. The zero-order valence-corrected chi connectivity index (χ0v) is 28.5. The Hall–Kier alpha value is -5.43. The predicted octanol–water partition coefficient (Wildman–Crippen LogP) is 10.5. The van der Waals surface area contributed by atoms with Crippen LogP contribution in [0, 0.1) is 0 Å². The van der Waals surface area contributed by atoms with Gasteiger partial charge in [-0.2, -0.15) is 10.2 Å². The lowest BCUT2D eigenvalue weighted by molar-refractivity contribution is 0.443. The standard InChI is InChI=1S/C24H23N3.C19H20N4/c1-2-6-18(7-3-1)19-10-13-22(14-11-19)27-17-21(16-25-27)24-15-12-20-8-4-5-9-23(20)26-24;1-2-4-15(5-3-1)16-6-8-18(9-7-16)23-13-17(12-22-23)19-10-11-20-14-21-19/h4-5,8-18H,1-3,6-7H2;6-15H,1-5H2. The van der Waals surface area contributed by atoms with Gasteiger partial charge in [-0.3, -0.25) is 0 Å². The quantitative estimate of drug-likeness (QED) is 0.178. The first-order valence-electron chi connectivity index (χ1n) is 18.2. The van der Waals surface area contributed by atoms with Gasteiger partial charge >= 0.3 is 0 Å². The smallest absolute Gasteiger partial charge is 0.116 e. The molecule has 0 bridgehead atoms. The molecule has 3 aromatic carbocycles. The Morgan fingerprint density at radius 2 is 1.08 bits per heavy atom. The number of hydrogen-bond acceptors (Lipinski definition) is 5. The molecule has 0 unspecified atom stereocenters. The van der Waals surface area contributed by atoms with Crippen LogP contribution in [0.5, 0.6) is 0 Å². The molecule has 4 heterocycles. The lowest BCUT2D eigenvalue weighted by atomic mass is 9.84. The highest BCUT2D eigenvalue weighted by Crippen LogP contribution is 2.34. The second-order valence-electron chi connectivity index (χ2n) is 13.7. The molecule has 0 radical (unpaired) electrons. The predicted molar refractivity (Wildman–Crippen MR) is 201 cm³/mol. The zero-order chi connectivity index (χ0) is 33.5. The average molecular weight is 658 g/mol. The molecule has 9 rings (SSSR count). The molecule has 0 aliphatic heterocycles. The minimum atomic E-state index is 0.739. The lowest BCUT2D eigenvalue weighted by Gasteiger charge is -2.22. The van der Waals surface area contributed by atoms with Crippen LogP contribution in [0.1, 0.15) is 87.2 Å². The molecule has 7 aromatic rings. The van der Waals surface area contributed by atoms with Crippen LogP contribution in [0.25, 0.3) is 44.8 Å². The van der Waals surface area contributed by atoms with Gasteiger partial charge in [0.05, 0.1) is 40.7 Å². The van der Waals surface area contributed by atoms with E-state index in [0.29, 0.717) is 0 Å². The van der Waals surface area contributed by atoms with Crippen molar-refractivity contribution in [2.24, 2.45) is 0 Å². The summed E-state index contributed by atoms with van der Waals surface area (Å²) in [4.78, 5) is 13.0. The first kappa shape index (κ1) is 31.8. The summed E-state index contributed by atoms with van der Waals surface area (Å²) in [5.74, 6) is 1.48. The van der Waals surface area contributed by atoms with Crippen molar-refractivity contribution in [1.29, 1.82) is 0 Å². The fourth-order valence-electron chi connectivity index (χ4n) is 7.55. The van der Waals surface area contributed by atoms with Gasteiger partial charge in [0.1, 0.15) is 6.33 Å². The topological polar surface area (TPSA) is 74.3 Å². The summed E-state index contributed by atoms with van der Waals surface area (Å²) in [6.07, 6.45) is 24.7. The maximum absolute atomic E-state index is 4.77. The summed E-state index contributed by atoms with van der Waals surface area (Å²) in [6, 6.07) is 32.1. The Balaban J connectivity index is 0.000000146. The van der Waals surface area contributed by atoms with Crippen molar-refractivity contribution in [2.75, 3.05) is 0 Å². The van der Waals surface area contributed by atoms with Crippen molar-refractivity contribution < 1.29 is 0 Å². The van der Waals surface area contributed by atoms with Gasteiger partial charge in [-0.05, 0) is 91.1 Å². The van der Waals surface area contributed by atoms with E-state index in [4.69, 9.17) is 4.98 Å². The average Bonchev–Trinajstić information content (AvgIpc) is 3.91. The number of nitrogens with zero attached hydrogens (tertiary/aromatic N) is 7. The Bertz CT molecular complexity index is 2120. The Morgan fingerprint density at radius 1 is 0.520 bits per heavy atom. The highest BCUT2D eigenvalue weighted by molar-refractivity contribution is 5.81. The van der Waals surface area contributed by atoms with E-state index >= 15 is 0 Å². The molecule has 0 spiro atoms. The minimum absolute atomic E-state index is 0.739. The van der Waals surface area contributed by atoms with E-state index in [1.807, 2.05) is 52.2 Å². The molecule has 2 aliphatic rings. The molecule has 0 saturated heterocycles. The van der Waals surface area contributed by atoms with Gasteiger partial charge in [0.2, 0.25) is 0 Å². The normalized spacial score (nSPS) is 15.4. The van der Waals surface area contributed by atoms with Gasteiger partial charge in [-0.25, -0.2) is 24.3 Å². The summed E-state index contributed by atoms with van der Waals surface area (Å²) < 4.78 is 3.85. The summed E-state index contributed by atoms with van der Waals surface area (Å²) >= 11 is 0. The molecular weight excluding hydrogens is 615 g/mol. The van der Waals surface area contributed by atoms with Crippen LogP contribution in [0.2, 0.25) is 0 Å². The first-order valence-corrected chi connectivity index (χ1v) is 18.2. The fraction of sp³-hybridized carbons (Fsp3) is 0.279. The van der Waals surface area contributed by atoms with Crippen LogP contribution < -0.4 is 0 Å². The second kappa shape index (κ2) is 15.0. The second-order valence-corrected chi connectivity index (χ2v) is 13.7. The molecular formula is C43H43N7. The maximum atomic E-state index is 4.77. The van der Waals surface area contributed by atoms with Crippen molar-refractivity contribution in [2.45, 2.75) is 76.0 Å². The number of aromatic nitrogens is 7. The van der Waals surface area contributed by atoms with E-state index in [-0.39, 0.29) is 0 Å². The maximum Gasteiger partial charge on any atom is 0.116 e. The van der Waals surface area contributed by atoms with Gasteiger partial charge in [0.15, 0.2) is 0 Å². The third-order valence-corrected chi connectivity index (χ3v) is 10.4. The monoisotopic (exact) mass is 657 g/mol. The van der Waals surface area contributed by atoms with Crippen LogP contribution >= 0.6 is 0 Å². The van der Waals surface area contributed by atoms with E-state index in [1.165, 1.54) is 75.3 Å². The van der Waals surface area contributed by atoms with E-state index in [2.05, 4.69) is 93.1 Å². The fourth-order valence-corrected chi connectivity index (χ4v) is 7.55. The van der Waals surface area contributed by atoms with E-state index in [9.17, 15) is 0 Å². The van der Waals surface area contributed by atoms with Crippen molar-refractivity contribution in [3.8, 4) is 33.9 Å². The Morgan fingerprint density at radius 3 is 1.64 bits per heavy atom. The third-order valence-electron chi connectivity index (χ3n) is 10.4. The SMILES string of the molecule is c1cc(-c2cnn(-c3ccc(C4CCCCC4)cc3)c2)ncn1.c1ccc2nc(-c3cnn(-c4ccc(C5CCCCC5)cc4)c3)ccc2c1. The van der Waals surface area contributed by atoms with E-state index in [0.717, 1.165) is 56.6 Å².